The van der Waals surface area contributed by atoms with Crippen molar-refractivity contribution in [2.75, 3.05) is 38.2 Å². The number of benzene rings is 1. The summed E-state index contributed by atoms with van der Waals surface area (Å²) in [6.07, 6.45) is 7.70. The van der Waals surface area contributed by atoms with E-state index in [1.807, 2.05) is 0 Å². The molecule has 0 aliphatic carbocycles. The fraction of sp³-hybridized carbons (Fsp3) is 0.478. The molecular formula is C23H27ClN6O4S. The van der Waals surface area contributed by atoms with Crippen LogP contribution in [0.1, 0.15) is 31.7 Å². The SMILES string of the molecule is O=c1c(Cl)c(NC[C@H]2CCCOC2)cnn1C1CCN(S(=O)(=O)c2ccc3nccnc3c2)CC1. The third-order valence-electron chi connectivity index (χ3n) is 6.63. The molecule has 5 rings (SSSR count). The molecule has 2 fully saturated rings. The topological polar surface area (TPSA) is 119 Å². The maximum Gasteiger partial charge on any atom is 0.287 e. The summed E-state index contributed by atoms with van der Waals surface area (Å²) in [6.45, 7) is 2.72. The van der Waals surface area contributed by atoms with E-state index in [0.717, 1.165) is 19.4 Å². The summed E-state index contributed by atoms with van der Waals surface area (Å²) >= 11 is 6.38. The van der Waals surface area contributed by atoms with Gasteiger partial charge in [-0.1, -0.05) is 11.6 Å². The number of hydrogen-bond acceptors (Lipinski definition) is 8. The second-order valence-electron chi connectivity index (χ2n) is 8.93. The Hall–Kier alpha value is -2.60. The predicted molar refractivity (Wildman–Crippen MR) is 132 cm³/mol. The number of rotatable bonds is 6. The molecule has 0 bridgehead atoms. The zero-order valence-corrected chi connectivity index (χ0v) is 20.7. The molecule has 35 heavy (non-hydrogen) atoms. The molecule has 2 saturated heterocycles. The Kier molecular flexibility index (Phi) is 7.01. The maximum absolute atomic E-state index is 13.2. The van der Waals surface area contributed by atoms with Crippen molar-refractivity contribution in [1.82, 2.24) is 24.1 Å². The molecule has 10 nitrogen and oxygen atoms in total. The lowest BCUT2D eigenvalue weighted by Gasteiger charge is -2.31. The first-order valence-corrected chi connectivity index (χ1v) is 13.5. The van der Waals surface area contributed by atoms with Gasteiger partial charge in [-0.3, -0.25) is 14.8 Å². The molecule has 186 valence electrons. The maximum atomic E-state index is 13.2. The van der Waals surface area contributed by atoms with Gasteiger partial charge in [-0.05, 0) is 49.8 Å². The Labute approximate surface area is 208 Å². The van der Waals surface area contributed by atoms with Gasteiger partial charge in [-0.15, -0.1) is 0 Å². The minimum Gasteiger partial charge on any atom is -0.382 e. The predicted octanol–water partition coefficient (Wildman–Crippen LogP) is 2.70. The second kappa shape index (κ2) is 10.2. The first kappa shape index (κ1) is 24.1. The molecule has 4 heterocycles. The van der Waals surface area contributed by atoms with Gasteiger partial charge in [-0.2, -0.15) is 9.40 Å². The highest BCUT2D eigenvalue weighted by Crippen LogP contribution is 2.28. The smallest absolute Gasteiger partial charge is 0.287 e. The van der Waals surface area contributed by atoms with Crippen LogP contribution in [0.3, 0.4) is 0 Å². The van der Waals surface area contributed by atoms with Crippen LogP contribution in [0.15, 0.2) is 46.5 Å². The van der Waals surface area contributed by atoms with E-state index in [1.165, 1.54) is 15.2 Å². The number of piperidine rings is 1. The van der Waals surface area contributed by atoms with Crippen LogP contribution in [-0.2, 0) is 14.8 Å². The molecule has 0 saturated carbocycles. The number of sulfonamides is 1. The molecule has 1 aromatic carbocycles. The highest BCUT2D eigenvalue weighted by atomic mass is 35.5. The molecule has 1 atom stereocenters. The van der Waals surface area contributed by atoms with Gasteiger partial charge in [0.25, 0.3) is 5.56 Å². The van der Waals surface area contributed by atoms with Crippen LogP contribution in [0.4, 0.5) is 5.69 Å². The Bertz CT molecular complexity index is 1370. The summed E-state index contributed by atoms with van der Waals surface area (Å²) in [4.78, 5) is 21.5. The van der Waals surface area contributed by atoms with Gasteiger partial charge in [0, 0.05) is 38.6 Å². The fourth-order valence-electron chi connectivity index (χ4n) is 4.63. The van der Waals surface area contributed by atoms with E-state index < -0.39 is 10.0 Å². The third kappa shape index (κ3) is 5.04. The summed E-state index contributed by atoms with van der Waals surface area (Å²) < 4.78 is 34.7. The average molecular weight is 519 g/mol. The van der Waals surface area contributed by atoms with Crippen LogP contribution in [0.5, 0.6) is 0 Å². The van der Waals surface area contributed by atoms with Crippen LogP contribution < -0.4 is 10.9 Å². The Balaban J connectivity index is 1.25. The highest BCUT2D eigenvalue weighted by Gasteiger charge is 2.31. The normalized spacial score (nSPS) is 20.2. The van der Waals surface area contributed by atoms with Crippen LogP contribution >= 0.6 is 11.6 Å². The Morgan fingerprint density at radius 1 is 1.11 bits per heavy atom. The second-order valence-corrected chi connectivity index (χ2v) is 11.2. The van der Waals surface area contributed by atoms with Gasteiger partial charge in [0.2, 0.25) is 10.0 Å². The quantitative estimate of drug-likeness (QED) is 0.529. The molecular weight excluding hydrogens is 492 g/mol. The lowest BCUT2D eigenvalue weighted by atomic mass is 10.0. The molecule has 3 aromatic rings. The molecule has 0 spiro atoms. The molecule has 2 aliphatic heterocycles. The number of halogens is 1. The number of hydrogen-bond donors (Lipinski definition) is 1. The molecule has 2 aliphatic rings. The van der Waals surface area contributed by atoms with Gasteiger partial charge in [0.1, 0.15) is 5.02 Å². The average Bonchev–Trinajstić information content (AvgIpc) is 2.90. The van der Waals surface area contributed by atoms with Gasteiger partial charge in [-0.25, -0.2) is 13.1 Å². The molecule has 0 radical (unpaired) electrons. The van der Waals surface area contributed by atoms with Crippen molar-refractivity contribution in [3.05, 3.63) is 52.2 Å². The van der Waals surface area contributed by atoms with Gasteiger partial charge in [0.15, 0.2) is 0 Å². The zero-order chi connectivity index (χ0) is 24.4. The lowest BCUT2D eigenvalue weighted by molar-refractivity contribution is 0.0595. The summed E-state index contributed by atoms with van der Waals surface area (Å²) in [7, 11) is -3.69. The van der Waals surface area contributed by atoms with Gasteiger partial charge >= 0.3 is 0 Å². The van der Waals surface area contributed by atoms with E-state index in [1.54, 1.807) is 30.6 Å². The van der Waals surface area contributed by atoms with Gasteiger partial charge < -0.3 is 10.1 Å². The molecule has 0 amide bonds. The summed E-state index contributed by atoms with van der Waals surface area (Å²) in [5.41, 5.74) is 1.31. The van der Waals surface area contributed by atoms with Crippen molar-refractivity contribution in [2.24, 2.45) is 5.92 Å². The van der Waals surface area contributed by atoms with E-state index in [4.69, 9.17) is 16.3 Å². The van der Waals surface area contributed by atoms with E-state index in [-0.39, 0.29) is 34.6 Å². The third-order valence-corrected chi connectivity index (χ3v) is 8.89. The van der Waals surface area contributed by atoms with Crippen molar-refractivity contribution >= 4 is 38.3 Å². The number of ether oxygens (including phenoxy) is 1. The molecule has 0 unspecified atom stereocenters. The molecule has 2 aromatic heterocycles. The summed E-state index contributed by atoms with van der Waals surface area (Å²) in [5.74, 6) is 0.378. The highest BCUT2D eigenvalue weighted by molar-refractivity contribution is 7.89. The number of aromatic nitrogens is 4. The number of nitrogens with zero attached hydrogens (tertiary/aromatic N) is 5. The van der Waals surface area contributed by atoms with Crippen molar-refractivity contribution in [3.63, 3.8) is 0 Å². The largest absolute Gasteiger partial charge is 0.382 e. The fourth-order valence-corrected chi connectivity index (χ4v) is 6.32. The number of anilines is 1. The number of nitrogens with one attached hydrogen (secondary N) is 1. The Morgan fingerprint density at radius 2 is 1.89 bits per heavy atom. The van der Waals surface area contributed by atoms with Crippen molar-refractivity contribution in [2.45, 2.75) is 36.6 Å². The minimum atomic E-state index is -3.69. The van der Waals surface area contributed by atoms with Crippen molar-refractivity contribution in [1.29, 1.82) is 0 Å². The van der Waals surface area contributed by atoms with E-state index in [2.05, 4.69) is 20.4 Å². The molecule has 1 N–H and O–H groups in total. The van der Waals surface area contributed by atoms with Crippen LogP contribution in [-0.4, -0.2) is 65.3 Å². The Morgan fingerprint density at radius 3 is 2.63 bits per heavy atom. The number of fused-ring (bicyclic) bond motifs is 1. The monoisotopic (exact) mass is 518 g/mol. The van der Waals surface area contributed by atoms with Crippen LogP contribution in [0, 0.1) is 5.92 Å². The van der Waals surface area contributed by atoms with E-state index in [9.17, 15) is 13.2 Å². The van der Waals surface area contributed by atoms with E-state index in [0.29, 0.717) is 48.6 Å². The summed E-state index contributed by atoms with van der Waals surface area (Å²) in [6, 6.07) is 4.52. The van der Waals surface area contributed by atoms with Crippen LogP contribution in [0.25, 0.3) is 11.0 Å². The molecule has 12 heteroatoms. The lowest BCUT2D eigenvalue weighted by Crippen LogP contribution is -2.41. The standard InChI is InChI=1S/C23H27ClN6O4S/c24-22-21(27-13-16-2-1-11-34-15-16)14-28-30(23(22)31)17-5-9-29(10-6-17)35(32,33)18-3-4-19-20(12-18)26-8-7-25-19/h3-4,7-8,12,14,16-17,27H,1-2,5-6,9-11,13,15H2/t16-/m1/s1. The van der Waals surface area contributed by atoms with Crippen LogP contribution in [0.2, 0.25) is 5.02 Å². The first-order valence-electron chi connectivity index (χ1n) is 11.7. The van der Waals surface area contributed by atoms with Crippen molar-refractivity contribution in [3.8, 4) is 0 Å². The first-order chi connectivity index (χ1) is 16.9. The summed E-state index contributed by atoms with van der Waals surface area (Å²) in [5, 5.41) is 7.68. The van der Waals surface area contributed by atoms with Crippen molar-refractivity contribution < 1.29 is 13.2 Å². The minimum absolute atomic E-state index is 0.101. The zero-order valence-electron chi connectivity index (χ0n) is 19.1. The van der Waals surface area contributed by atoms with Gasteiger partial charge in [0.05, 0.1) is 40.5 Å². The van der Waals surface area contributed by atoms with E-state index >= 15 is 0 Å².